The summed E-state index contributed by atoms with van der Waals surface area (Å²) in [6.45, 7) is 1.84. The van der Waals surface area contributed by atoms with Crippen LogP contribution in [0, 0.1) is 0 Å². The predicted molar refractivity (Wildman–Crippen MR) is 125 cm³/mol. The van der Waals surface area contributed by atoms with E-state index in [1.54, 1.807) is 18.9 Å². The number of thioether (sulfide) groups is 2. The predicted octanol–water partition coefficient (Wildman–Crippen LogP) is 5.12. The Kier molecular flexibility index (Phi) is 8.56. The first-order valence-corrected chi connectivity index (χ1v) is 12.0. The molecule has 0 saturated carbocycles. The number of aromatic nitrogens is 2. The van der Waals surface area contributed by atoms with Crippen LogP contribution in [0.5, 0.6) is 5.75 Å². The minimum absolute atomic E-state index is 0.201. The van der Waals surface area contributed by atoms with E-state index < -0.39 is 0 Å². The Morgan fingerprint density at radius 1 is 1.13 bits per heavy atom. The smallest absolute Gasteiger partial charge is 0.250 e. The van der Waals surface area contributed by atoms with Crippen molar-refractivity contribution in [3.8, 4) is 5.75 Å². The molecule has 0 aliphatic rings. The fraction of sp³-hybridized carbons (Fsp3) is 0.200. The average molecular weight is 479 g/mol. The zero-order valence-corrected chi connectivity index (χ0v) is 19.5. The molecule has 1 amide bonds. The number of nitrogens with zero attached hydrogens (tertiary/aromatic N) is 3. The molecule has 1 aromatic heterocycles. The minimum atomic E-state index is -0.201. The summed E-state index contributed by atoms with van der Waals surface area (Å²) in [7, 11) is 1.62. The summed E-state index contributed by atoms with van der Waals surface area (Å²) in [5, 5.41) is 13.2. The molecule has 3 aromatic rings. The Morgan fingerprint density at radius 3 is 2.53 bits per heavy atom. The third-order valence-corrected chi connectivity index (χ3v) is 7.49. The van der Waals surface area contributed by atoms with Crippen molar-refractivity contribution in [2.75, 3.05) is 12.9 Å². The Labute approximate surface area is 192 Å². The number of hydrogen-bond donors (Lipinski definition) is 1. The van der Waals surface area contributed by atoms with Gasteiger partial charge in [-0.05, 0) is 48.4 Å². The fourth-order valence-corrected chi connectivity index (χ4v) is 5.37. The number of rotatable bonds is 9. The third kappa shape index (κ3) is 6.73. The number of amides is 1. The van der Waals surface area contributed by atoms with E-state index in [2.05, 4.69) is 20.7 Å². The monoisotopic (exact) mass is 478 g/mol. The maximum Gasteiger partial charge on any atom is 0.250 e. The second-order valence-corrected chi connectivity index (χ2v) is 9.79. The molecule has 1 N–H and O–H groups in total. The molecular formula is C20H19ClN4O2S3. The molecule has 0 bridgehead atoms. The van der Waals surface area contributed by atoms with Gasteiger partial charge in [-0.2, -0.15) is 5.10 Å². The standard InChI is InChI=1S/C20H19ClN4O2S3/c1-13(14-7-9-16(27-2)10-8-14)22-23-18(26)12-29-20-25-24-19(30-20)28-11-15-5-3-4-6-17(15)21/h3-10H,11-12H2,1-2H3,(H,23,26)/b22-13+. The van der Waals surface area contributed by atoms with E-state index in [1.165, 1.54) is 23.1 Å². The van der Waals surface area contributed by atoms with E-state index in [0.29, 0.717) is 5.71 Å². The molecule has 2 aromatic carbocycles. The minimum Gasteiger partial charge on any atom is -0.497 e. The summed E-state index contributed by atoms with van der Waals surface area (Å²) in [6.07, 6.45) is 0. The number of ether oxygens (including phenoxy) is 1. The van der Waals surface area contributed by atoms with Gasteiger partial charge in [-0.3, -0.25) is 4.79 Å². The Hall–Kier alpha value is -2.07. The van der Waals surface area contributed by atoms with Crippen molar-refractivity contribution in [1.82, 2.24) is 15.6 Å². The first-order valence-electron chi connectivity index (χ1n) is 8.85. The van der Waals surface area contributed by atoms with Gasteiger partial charge in [-0.25, -0.2) is 5.43 Å². The van der Waals surface area contributed by atoms with E-state index in [4.69, 9.17) is 16.3 Å². The molecule has 0 spiro atoms. The molecule has 10 heteroatoms. The first kappa shape index (κ1) is 22.6. The summed E-state index contributed by atoms with van der Waals surface area (Å²) in [5.74, 6) is 1.50. The van der Waals surface area contributed by atoms with Crippen molar-refractivity contribution in [2.24, 2.45) is 5.10 Å². The number of carbonyl (C=O) groups excluding carboxylic acids is 1. The van der Waals surface area contributed by atoms with Crippen molar-refractivity contribution < 1.29 is 9.53 Å². The van der Waals surface area contributed by atoms with Gasteiger partial charge in [0.25, 0.3) is 5.91 Å². The van der Waals surface area contributed by atoms with Crippen LogP contribution in [-0.4, -0.2) is 34.7 Å². The van der Waals surface area contributed by atoms with Gasteiger partial charge in [0.05, 0.1) is 18.6 Å². The van der Waals surface area contributed by atoms with Crippen molar-refractivity contribution in [2.45, 2.75) is 21.4 Å². The van der Waals surface area contributed by atoms with Crippen LogP contribution in [0.3, 0.4) is 0 Å². The second-order valence-electron chi connectivity index (χ2n) is 5.96. The molecular weight excluding hydrogens is 460 g/mol. The lowest BCUT2D eigenvalue weighted by Gasteiger charge is -2.04. The van der Waals surface area contributed by atoms with Crippen molar-refractivity contribution in [3.63, 3.8) is 0 Å². The quantitative estimate of drug-likeness (QED) is 0.261. The SMILES string of the molecule is COc1ccc(/C(C)=N/NC(=O)CSc2nnc(SCc3ccccc3Cl)s2)cc1. The van der Waals surface area contributed by atoms with Crippen LogP contribution in [0.2, 0.25) is 5.02 Å². The topological polar surface area (TPSA) is 76.5 Å². The van der Waals surface area contributed by atoms with Crippen LogP contribution in [0.25, 0.3) is 0 Å². The number of halogens is 1. The van der Waals surface area contributed by atoms with Crippen LogP contribution in [0.15, 0.2) is 62.3 Å². The number of hydrazone groups is 1. The van der Waals surface area contributed by atoms with E-state index in [9.17, 15) is 4.79 Å². The second kappa shape index (κ2) is 11.4. The number of benzene rings is 2. The van der Waals surface area contributed by atoms with Gasteiger partial charge >= 0.3 is 0 Å². The van der Waals surface area contributed by atoms with Crippen LogP contribution in [-0.2, 0) is 10.5 Å². The molecule has 156 valence electrons. The highest BCUT2D eigenvalue weighted by atomic mass is 35.5. The Bertz CT molecular complexity index is 1020. The van der Waals surface area contributed by atoms with E-state index in [-0.39, 0.29) is 11.7 Å². The summed E-state index contributed by atoms with van der Waals surface area (Å²) >= 11 is 10.5. The van der Waals surface area contributed by atoms with Crippen LogP contribution in [0.1, 0.15) is 18.1 Å². The van der Waals surface area contributed by atoms with Crippen LogP contribution >= 0.6 is 46.5 Å². The highest BCUT2D eigenvalue weighted by molar-refractivity contribution is 8.03. The molecule has 6 nitrogen and oxygen atoms in total. The largest absolute Gasteiger partial charge is 0.497 e. The van der Waals surface area contributed by atoms with Crippen molar-refractivity contribution in [3.05, 3.63) is 64.7 Å². The van der Waals surface area contributed by atoms with Crippen LogP contribution in [0.4, 0.5) is 0 Å². The van der Waals surface area contributed by atoms with Crippen LogP contribution < -0.4 is 10.2 Å². The fourth-order valence-electron chi connectivity index (χ4n) is 2.27. The molecule has 0 fully saturated rings. The lowest BCUT2D eigenvalue weighted by Crippen LogP contribution is -2.21. The van der Waals surface area contributed by atoms with E-state index in [0.717, 1.165) is 36.3 Å². The van der Waals surface area contributed by atoms with Gasteiger partial charge in [-0.1, -0.05) is 64.7 Å². The maximum absolute atomic E-state index is 12.1. The summed E-state index contributed by atoms with van der Waals surface area (Å²) < 4.78 is 6.71. The summed E-state index contributed by atoms with van der Waals surface area (Å²) in [4.78, 5) is 12.1. The molecule has 0 aliphatic carbocycles. The molecule has 1 heterocycles. The molecule has 3 rings (SSSR count). The zero-order valence-electron chi connectivity index (χ0n) is 16.3. The van der Waals surface area contributed by atoms with Gasteiger partial charge in [0.2, 0.25) is 0 Å². The third-order valence-electron chi connectivity index (χ3n) is 3.88. The number of hydrogen-bond acceptors (Lipinski definition) is 8. The zero-order chi connectivity index (χ0) is 21.3. The molecule has 30 heavy (non-hydrogen) atoms. The summed E-state index contributed by atoms with van der Waals surface area (Å²) in [6, 6.07) is 15.2. The molecule has 0 radical (unpaired) electrons. The normalized spacial score (nSPS) is 11.4. The van der Waals surface area contributed by atoms with Crippen molar-refractivity contribution >= 4 is 58.1 Å². The van der Waals surface area contributed by atoms with Gasteiger partial charge < -0.3 is 4.74 Å². The number of methoxy groups -OCH3 is 1. The lowest BCUT2D eigenvalue weighted by molar-refractivity contribution is -0.118. The van der Waals surface area contributed by atoms with E-state index in [1.807, 2.05) is 55.5 Å². The van der Waals surface area contributed by atoms with Gasteiger partial charge in [0.1, 0.15) is 5.75 Å². The highest BCUT2D eigenvalue weighted by Gasteiger charge is 2.10. The summed E-state index contributed by atoms with van der Waals surface area (Å²) in [5.41, 5.74) is 5.25. The van der Waals surface area contributed by atoms with Crippen molar-refractivity contribution in [1.29, 1.82) is 0 Å². The van der Waals surface area contributed by atoms with Gasteiger partial charge in [0.15, 0.2) is 8.68 Å². The molecule has 0 atom stereocenters. The van der Waals surface area contributed by atoms with Gasteiger partial charge in [0, 0.05) is 10.8 Å². The Balaban J connectivity index is 1.45. The Morgan fingerprint density at radius 2 is 1.83 bits per heavy atom. The molecule has 0 aliphatic heterocycles. The maximum atomic E-state index is 12.1. The number of nitrogens with one attached hydrogen (secondary N) is 1. The first-order chi connectivity index (χ1) is 14.5. The number of carbonyl (C=O) groups is 1. The molecule has 0 saturated heterocycles. The molecule has 0 unspecified atom stereocenters. The van der Waals surface area contributed by atoms with Gasteiger partial charge in [-0.15, -0.1) is 10.2 Å². The van der Waals surface area contributed by atoms with E-state index >= 15 is 0 Å². The highest BCUT2D eigenvalue weighted by Crippen LogP contribution is 2.32. The lowest BCUT2D eigenvalue weighted by atomic mass is 10.1. The average Bonchev–Trinajstić information content (AvgIpc) is 3.23.